The molecule has 0 saturated carbocycles. The first-order valence-corrected chi connectivity index (χ1v) is 7.18. The lowest BCUT2D eigenvalue weighted by Crippen LogP contribution is -2.32. The molecule has 7 heteroatoms. The summed E-state index contributed by atoms with van der Waals surface area (Å²) in [5.74, 6) is 0.785. The minimum Gasteiger partial charge on any atom is -0.444 e. The standard InChI is InChI=1S/C14H16BrN3O3/c1-14(2,3)20-13(19)16-8-11-17-12(18-21-11)9-5-4-6-10(15)7-9/h4-7H,8H2,1-3H3,(H,16,19). The lowest BCUT2D eigenvalue weighted by Gasteiger charge is -2.19. The highest BCUT2D eigenvalue weighted by atomic mass is 79.9. The van der Waals surface area contributed by atoms with E-state index in [1.54, 1.807) is 20.8 Å². The van der Waals surface area contributed by atoms with Gasteiger partial charge in [-0.25, -0.2) is 4.79 Å². The summed E-state index contributed by atoms with van der Waals surface area (Å²) < 4.78 is 11.1. The molecule has 0 spiro atoms. The third-order valence-corrected chi connectivity index (χ3v) is 2.83. The summed E-state index contributed by atoms with van der Waals surface area (Å²) in [5, 5.41) is 6.45. The molecule has 0 aliphatic carbocycles. The van der Waals surface area contributed by atoms with Crippen molar-refractivity contribution in [1.82, 2.24) is 15.5 Å². The SMILES string of the molecule is CC(C)(C)OC(=O)NCc1nc(-c2cccc(Br)c2)no1. The van der Waals surface area contributed by atoms with Crippen molar-refractivity contribution >= 4 is 22.0 Å². The van der Waals surface area contributed by atoms with Crippen molar-refractivity contribution in [2.24, 2.45) is 0 Å². The number of benzene rings is 1. The molecule has 0 fully saturated rings. The summed E-state index contributed by atoms with van der Waals surface area (Å²) in [7, 11) is 0. The van der Waals surface area contributed by atoms with Crippen LogP contribution in [0.25, 0.3) is 11.4 Å². The van der Waals surface area contributed by atoms with Gasteiger partial charge in [0.25, 0.3) is 0 Å². The second-order valence-corrected chi connectivity index (χ2v) is 6.29. The lowest BCUT2D eigenvalue weighted by atomic mass is 10.2. The third kappa shape index (κ3) is 4.86. The summed E-state index contributed by atoms with van der Waals surface area (Å²) in [6, 6.07) is 7.56. The normalized spacial score (nSPS) is 11.2. The van der Waals surface area contributed by atoms with E-state index in [1.807, 2.05) is 24.3 Å². The molecule has 0 atom stereocenters. The zero-order valence-electron chi connectivity index (χ0n) is 12.0. The van der Waals surface area contributed by atoms with Gasteiger partial charge in [-0.2, -0.15) is 4.98 Å². The quantitative estimate of drug-likeness (QED) is 0.913. The molecule has 0 radical (unpaired) electrons. The maximum atomic E-state index is 11.5. The Balaban J connectivity index is 1.96. The Kier molecular flexibility index (Phi) is 4.62. The molecule has 1 aromatic carbocycles. The predicted octanol–water partition coefficient (Wildman–Crippen LogP) is 3.52. The molecule has 1 amide bonds. The average molecular weight is 354 g/mol. The van der Waals surface area contributed by atoms with E-state index >= 15 is 0 Å². The zero-order valence-corrected chi connectivity index (χ0v) is 13.6. The summed E-state index contributed by atoms with van der Waals surface area (Å²) in [5.41, 5.74) is 0.289. The van der Waals surface area contributed by atoms with Crippen LogP contribution in [-0.4, -0.2) is 21.8 Å². The molecule has 0 bridgehead atoms. The van der Waals surface area contributed by atoms with Crippen LogP contribution in [0.1, 0.15) is 26.7 Å². The van der Waals surface area contributed by atoms with Crippen LogP contribution >= 0.6 is 15.9 Å². The van der Waals surface area contributed by atoms with Gasteiger partial charge >= 0.3 is 6.09 Å². The van der Waals surface area contributed by atoms with Crippen LogP contribution in [0.15, 0.2) is 33.3 Å². The Morgan fingerprint density at radius 1 is 1.43 bits per heavy atom. The number of ether oxygens (including phenoxy) is 1. The van der Waals surface area contributed by atoms with E-state index < -0.39 is 11.7 Å². The fourth-order valence-electron chi connectivity index (χ4n) is 1.53. The number of carbonyl (C=O) groups is 1. The van der Waals surface area contributed by atoms with Crippen LogP contribution in [0.4, 0.5) is 4.79 Å². The fourth-order valence-corrected chi connectivity index (χ4v) is 1.93. The van der Waals surface area contributed by atoms with Crippen molar-refractivity contribution in [1.29, 1.82) is 0 Å². The second kappa shape index (κ2) is 6.26. The molecule has 6 nitrogen and oxygen atoms in total. The molecule has 0 aliphatic rings. The van der Waals surface area contributed by atoms with Gasteiger partial charge in [0, 0.05) is 10.0 Å². The average Bonchev–Trinajstić information content (AvgIpc) is 2.83. The van der Waals surface area contributed by atoms with E-state index in [-0.39, 0.29) is 6.54 Å². The monoisotopic (exact) mass is 353 g/mol. The number of nitrogens with one attached hydrogen (secondary N) is 1. The van der Waals surface area contributed by atoms with Crippen molar-refractivity contribution < 1.29 is 14.1 Å². The van der Waals surface area contributed by atoms with E-state index in [2.05, 4.69) is 31.4 Å². The van der Waals surface area contributed by atoms with Crippen LogP contribution in [-0.2, 0) is 11.3 Å². The van der Waals surface area contributed by atoms with Gasteiger partial charge in [-0.1, -0.05) is 33.2 Å². The number of hydrogen-bond donors (Lipinski definition) is 1. The van der Waals surface area contributed by atoms with E-state index in [9.17, 15) is 4.79 Å². The molecule has 112 valence electrons. The van der Waals surface area contributed by atoms with Gasteiger partial charge in [0.05, 0.1) is 0 Å². The number of nitrogens with zero attached hydrogens (tertiary/aromatic N) is 2. The van der Waals surface area contributed by atoms with E-state index in [4.69, 9.17) is 9.26 Å². The highest BCUT2D eigenvalue weighted by molar-refractivity contribution is 9.10. The number of rotatable bonds is 3. The minimum absolute atomic E-state index is 0.121. The molecule has 21 heavy (non-hydrogen) atoms. The van der Waals surface area contributed by atoms with Crippen LogP contribution in [0, 0.1) is 0 Å². The van der Waals surface area contributed by atoms with Crippen molar-refractivity contribution in [2.75, 3.05) is 0 Å². The van der Waals surface area contributed by atoms with Gasteiger partial charge in [0.1, 0.15) is 12.1 Å². The van der Waals surface area contributed by atoms with Crippen LogP contribution < -0.4 is 5.32 Å². The van der Waals surface area contributed by atoms with Crippen LogP contribution in [0.3, 0.4) is 0 Å². The first-order chi connectivity index (χ1) is 9.83. The van der Waals surface area contributed by atoms with Crippen molar-refractivity contribution in [3.63, 3.8) is 0 Å². The van der Waals surface area contributed by atoms with Crippen molar-refractivity contribution in [3.8, 4) is 11.4 Å². The molecule has 2 aromatic rings. The van der Waals surface area contributed by atoms with Gasteiger partial charge in [-0.3, -0.25) is 0 Å². The Morgan fingerprint density at radius 3 is 2.86 bits per heavy atom. The molecule has 2 rings (SSSR count). The maximum absolute atomic E-state index is 11.5. The second-order valence-electron chi connectivity index (χ2n) is 5.38. The molecule has 1 N–H and O–H groups in total. The molecular weight excluding hydrogens is 338 g/mol. The molecule has 0 saturated heterocycles. The first kappa shape index (κ1) is 15.5. The molecule has 0 aliphatic heterocycles. The van der Waals surface area contributed by atoms with Gasteiger partial charge in [-0.15, -0.1) is 0 Å². The molecule has 1 aromatic heterocycles. The van der Waals surface area contributed by atoms with Crippen LogP contribution in [0.5, 0.6) is 0 Å². The van der Waals surface area contributed by atoms with Gasteiger partial charge < -0.3 is 14.6 Å². The van der Waals surface area contributed by atoms with E-state index in [0.717, 1.165) is 10.0 Å². The Hall–Kier alpha value is -1.89. The Morgan fingerprint density at radius 2 is 2.19 bits per heavy atom. The van der Waals surface area contributed by atoms with Gasteiger partial charge in [-0.05, 0) is 32.9 Å². The molecular formula is C14H16BrN3O3. The third-order valence-electron chi connectivity index (χ3n) is 2.33. The largest absolute Gasteiger partial charge is 0.444 e. The first-order valence-electron chi connectivity index (χ1n) is 6.39. The highest BCUT2D eigenvalue weighted by Gasteiger charge is 2.17. The molecule has 0 unspecified atom stereocenters. The Bertz CT molecular complexity index is 634. The summed E-state index contributed by atoms with van der Waals surface area (Å²) >= 11 is 3.38. The zero-order chi connectivity index (χ0) is 15.5. The fraction of sp³-hybridized carbons (Fsp3) is 0.357. The minimum atomic E-state index is -0.541. The summed E-state index contributed by atoms with van der Waals surface area (Å²) in [4.78, 5) is 15.7. The number of halogens is 1. The Labute approximate surface area is 131 Å². The number of carbonyl (C=O) groups excluding carboxylic acids is 1. The van der Waals surface area contributed by atoms with Crippen LogP contribution in [0.2, 0.25) is 0 Å². The summed E-state index contributed by atoms with van der Waals surface area (Å²) in [6.07, 6.45) is -0.523. The highest BCUT2D eigenvalue weighted by Crippen LogP contribution is 2.20. The van der Waals surface area contributed by atoms with Gasteiger partial charge in [0.15, 0.2) is 0 Å². The topological polar surface area (TPSA) is 77.2 Å². The lowest BCUT2D eigenvalue weighted by molar-refractivity contribution is 0.0518. The number of alkyl carbamates (subject to hydrolysis) is 1. The number of aromatic nitrogens is 2. The summed E-state index contributed by atoms with van der Waals surface area (Å²) in [6.45, 7) is 5.51. The molecule has 1 heterocycles. The number of amides is 1. The van der Waals surface area contributed by atoms with E-state index in [0.29, 0.717) is 11.7 Å². The predicted molar refractivity (Wildman–Crippen MR) is 80.5 cm³/mol. The van der Waals surface area contributed by atoms with E-state index in [1.165, 1.54) is 0 Å². The van der Waals surface area contributed by atoms with Crippen molar-refractivity contribution in [2.45, 2.75) is 32.9 Å². The smallest absolute Gasteiger partial charge is 0.408 e. The maximum Gasteiger partial charge on any atom is 0.408 e. The number of hydrogen-bond acceptors (Lipinski definition) is 5. The van der Waals surface area contributed by atoms with Gasteiger partial charge in [0.2, 0.25) is 11.7 Å². The van der Waals surface area contributed by atoms with Crippen molar-refractivity contribution in [3.05, 3.63) is 34.6 Å².